The number of aromatic hydroxyl groups is 2. The fraction of sp³-hybridized carbons (Fsp3) is 0.500. The van der Waals surface area contributed by atoms with Crippen molar-refractivity contribution in [2.45, 2.75) is 45.4 Å². The molecule has 0 fully saturated rings. The molecular weight excluding hydrogens is 216 g/mol. The van der Waals surface area contributed by atoms with Gasteiger partial charge in [-0.1, -0.05) is 32.6 Å². The van der Waals surface area contributed by atoms with Gasteiger partial charge in [0.2, 0.25) is 0 Å². The summed E-state index contributed by atoms with van der Waals surface area (Å²) in [4.78, 5) is 11.8. The highest BCUT2D eigenvalue weighted by molar-refractivity contribution is 5.96. The van der Waals surface area contributed by atoms with Gasteiger partial charge in [-0.05, 0) is 18.6 Å². The Hall–Kier alpha value is -1.51. The first kappa shape index (κ1) is 13.6. The molecule has 0 aliphatic heterocycles. The number of rotatable bonds is 7. The van der Waals surface area contributed by atoms with Crippen molar-refractivity contribution in [3.05, 3.63) is 23.8 Å². The standard InChI is InChI=1S/C14H20O3/c1-2-3-4-5-6-7-14(17)11-8-12(15)10-13(16)9-11/h8-10,15-16H,2-7H2,1H3. The van der Waals surface area contributed by atoms with Crippen molar-refractivity contribution in [2.24, 2.45) is 0 Å². The van der Waals surface area contributed by atoms with E-state index in [2.05, 4.69) is 6.92 Å². The third-order valence-electron chi connectivity index (χ3n) is 2.73. The summed E-state index contributed by atoms with van der Waals surface area (Å²) in [5.41, 5.74) is 0.387. The summed E-state index contributed by atoms with van der Waals surface area (Å²) in [6.07, 6.45) is 5.97. The summed E-state index contributed by atoms with van der Waals surface area (Å²) < 4.78 is 0. The van der Waals surface area contributed by atoms with Gasteiger partial charge in [-0.15, -0.1) is 0 Å². The third kappa shape index (κ3) is 4.89. The van der Waals surface area contributed by atoms with Gasteiger partial charge in [0, 0.05) is 18.1 Å². The minimum absolute atomic E-state index is 0.0206. The molecule has 0 atom stereocenters. The number of phenolic OH excluding ortho intramolecular Hbond substituents is 2. The molecule has 0 heterocycles. The molecule has 1 rings (SSSR count). The van der Waals surface area contributed by atoms with E-state index in [0.717, 1.165) is 19.3 Å². The van der Waals surface area contributed by atoms with Crippen LogP contribution in [0.4, 0.5) is 0 Å². The second kappa shape index (κ2) is 6.94. The number of benzene rings is 1. The molecule has 2 N–H and O–H groups in total. The van der Waals surface area contributed by atoms with Crippen molar-refractivity contribution in [3.63, 3.8) is 0 Å². The van der Waals surface area contributed by atoms with Crippen LogP contribution < -0.4 is 0 Å². The predicted molar refractivity (Wildman–Crippen MR) is 67.5 cm³/mol. The van der Waals surface area contributed by atoms with Crippen molar-refractivity contribution in [2.75, 3.05) is 0 Å². The molecule has 3 heteroatoms. The molecule has 0 aromatic heterocycles. The minimum Gasteiger partial charge on any atom is -0.508 e. The lowest BCUT2D eigenvalue weighted by molar-refractivity contribution is 0.0978. The van der Waals surface area contributed by atoms with E-state index in [4.69, 9.17) is 0 Å². The van der Waals surface area contributed by atoms with Gasteiger partial charge in [-0.25, -0.2) is 0 Å². The maximum atomic E-state index is 11.8. The van der Waals surface area contributed by atoms with Gasteiger partial charge in [0.15, 0.2) is 5.78 Å². The molecule has 0 bridgehead atoms. The fourth-order valence-corrected chi connectivity index (χ4v) is 1.79. The van der Waals surface area contributed by atoms with Crippen molar-refractivity contribution in [1.82, 2.24) is 0 Å². The Morgan fingerprint density at radius 2 is 1.59 bits per heavy atom. The van der Waals surface area contributed by atoms with Crippen LogP contribution in [0.1, 0.15) is 55.8 Å². The Bertz CT molecular complexity index is 351. The molecule has 0 spiro atoms. The zero-order valence-corrected chi connectivity index (χ0v) is 10.3. The highest BCUT2D eigenvalue weighted by Gasteiger charge is 2.08. The summed E-state index contributed by atoms with van der Waals surface area (Å²) in [7, 11) is 0. The molecule has 0 saturated carbocycles. The number of unbranched alkanes of at least 4 members (excludes halogenated alkanes) is 4. The molecule has 17 heavy (non-hydrogen) atoms. The number of carbonyl (C=O) groups excluding carboxylic acids is 1. The number of Topliss-reactive ketones (excluding diaryl/α,β-unsaturated/α-hetero) is 1. The van der Waals surface area contributed by atoms with E-state index in [1.54, 1.807) is 0 Å². The third-order valence-corrected chi connectivity index (χ3v) is 2.73. The van der Waals surface area contributed by atoms with Crippen molar-refractivity contribution in [3.8, 4) is 11.5 Å². The Kier molecular flexibility index (Phi) is 5.53. The van der Waals surface area contributed by atoms with Crippen molar-refractivity contribution >= 4 is 5.78 Å². The molecule has 0 aliphatic rings. The molecule has 0 saturated heterocycles. The van der Waals surface area contributed by atoms with E-state index in [-0.39, 0.29) is 17.3 Å². The highest BCUT2D eigenvalue weighted by Crippen LogP contribution is 2.22. The van der Waals surface area contributed by atoms with Gasteiger partial charge in [-0.3, -0.25) is 4.79 Å². The van der Waals surface area contributed by atoms with Gasteiger partial charge in [0.1, 0.15) is 11.5 Å². The fourth-order valence-electron chi connectivity index (χ4n) is 1.79. The number of carbonyl (C=O) groups is 1. The first-order valence-electron chi connectivity index (χ1n) is 6.19. The summed E-state index contributed by atoms with van der Waals surface area (Å²) in [6.45, 7) is 2.15. The zero-order chi connectivity index (χ0) is 12.7. The summed E-state index contributed by atoms with van der Waals surface area (Å²) in [5, 5.41) is 18.5. The lowest BCUT2D eigenvalue weighted by Crippen LogP contribution is -1.98. The monoisotopic (exact) mass is 236 g/mol. The molecular formula is C14H20O3. The summed E-state index contributed by atoms with van der Waals surface area (Å²) >= 11 is 0. The molecule has 0 unspecified atom stereocenters. The largest absolute Gasteiger partial charge is 0.508 e. The van der Waals surface area contributed by atoms with E-state index in [1.165, 1.54) is 31.0 Å². The average molecular weight is 236 g/mol. The van der Waals surface area contributed by atoms with Crippen LogP contribution in [0.25, 0.3) is 0 Å². The number of phenols is 2. The van der Waals surface area contributed by atoms with E-state index in [9.17, 15) is 15.0 Å². The van der Waals surface area contributed by atoms with Gasteiger partial charge in [0.05, 0.1) is 0 Å². The molecule has 0 aliphatic carbocycles. The highest BCUT2D eigenvalue weighted by atomic mass is 16.3. The van der Waals surface area contributed by atoms with Crippen LogP contribution in [0.15, 0.2) is 18.2 Å². The average Bonchev–Trinajstić information content (AvgIpc) is 2.27. The van der Waals surface area contributed by atoms with Crippen molar-refractivity contribution in [1.29, 1.82) is 0 Å². The second-order valence-corrected chi connectivity index (χ2v) is 4.33. The van der Waals surface area contributed by atoms with Crippen molar-refractivity contribution < 1.29 is 15.0 Å². The van der Waals surface area contributed by atoms with E-state index in [1.807, 2.05) is 0 Å². The van der Waals surface area contributed by atoms with E-state index in [0.29, 0.717) is 12.0 Å². The maximum Gasteiger partial charge on any atom is 0.163 e. The van der Waals surface area contributed by atoms with Crippen LogP contribution >= 0.6 is 0 Å². The number of hydrogen-bond acceptors (Lipinski definition) is 3. The molecule has 0 amide bonds. The van der Waals surface area contributed by atoms with Crippen LogP contribution in [0.2, 0.25) is 0 Å². The first-order chi connectivity index (χ1) is 8.13. The normalized spacial score (nSPS) is 10.4. The first-order valence-corrected chi connectivity index (χ1v) is 6.19. The second-order valence-electron chi connectivity index (χ2n) is 4.33. The SMILES string of the molecule is CCCCCCCC(=O)c1cc(O)cc(O)c1. The quantitative estimate of drug-likeness (QED) is 0.561. The van der Waals surface area contributed by atoms with Gasteiger partial charge < -0.3 is 10.2 Å². The van der Waals surface area contributed by atoms with Crippen LogP contribution in [-0.4, -0.2) is 16.0 Å². The van der Waals surface area contributed by atoms with E-state index < -0.39 is 0 Å². The Morgan fingerprint density at radius 3 is 2.18 bits per heavy atom. The van der Waals surface area contributed by atoms with Gasteiger partial charge in [0.25, 0.3) is 0 Å². The Morgan fingerprint density at radius 1 is 1.00 bits per heavy atom. The topological polar surface area (TPSA) is 57.5 Å². The molecule has 3 nitrogen and oxygen atoms in total. The van der Waals surface area contributed by atoms with Crippen LogP contribution in [-0.2, 0) is 0 Å². The molecule has 1 aromatic rings. The summed E-state index contributed by atoms with van der Waals surface area (Å²) in [5.74, 6) is -0.161. The number of ketones is 1. The summed E-state index contributed by atoms with van der Waals surface area (Å²) in [6, 6.07) is 4.01. The lowest BCUT2D eigenvalue weighted by Gasteiger charge is -2.03. The molecule has 0 radical (unpaired) electrons. The number of hydrogen-bond donors (Lipinski definition) is 2. The smallest absolute Gasteiger partial charge is 0.163 e. The van der Waals surface area contributed by atoms with Gasteiger partial charge >= 0.3 is 0 Å². The van der Waals surface area contributed by atoms with Crippen LogP contribution in [0.3, 0.4) is 0 Å². The van der Waals surface area contributed by atoms with E-state index >= 15 is 0 Å². The lowest BCUT2D eigenvalue weighted by atomic mass is 10.0. The zero-order valence-electron chi connectivity index (χ0n) is 10.3. The predicted octanol–water partition coefficient (Wildman–Crippen LogP) is 3.64. The molecule has 94 valence electrons. The maximum absolute atomic E-state index is 11.8. The Balaban J connectivity index is 2.41. The van der Waals surface area contributed by atoms with Gasteiger partial charge in [-0.2, -0.15) is 0 Å². The van der Waals surface area contributed by atoms with Crippen LogP contribution in [0.5, 0.6) is 11.5 Å². The minimum atomic E-state index is -0.0701. The Labute approximate surface area is 102 Å². The molecule has 1 aromatic carbocycles. The van der Waals surface area contributed by atoms with Crippen LogP contribution in [0, 0.1) is 0 Å².